The number of carbonyl (C=O) groups excluding carboxylic acids is 1. The number of aromatic hydroxyl groups is 1. The van der Waals surface area contributed by atoms with Crippen LogP contribution in [0.15, 0.2) is 30.3 Å². The number of benzene rings is 1. The summed E-state index contributed by atoms with van der Waals surface area (Å²) >= 11 is 0. The summed E-state index contributed by atoms with van der Waals surface area (Å²) in [4.78, 5) is 20.0. The average molecular weight is 379 g/mol. The van der Waals surface area contributed by atoms with Crippen molar-refractivity contribution in [2.45, 2.75) is 26.8 Å². The first kappa shape index (κ1) is 18.4. The molecule has 3 heterocycles. The number of nitrogens with one attached hydrogen (secondary N) is 2. The van der Waals surface area contributed by atoms with Crippen LogP contribution in [0.3, 0.4) is 0 Å². The Morgan fingerprint density at radius 3 is 2.75 bits per heavy atom. The molecule has 1 aromatic carbocycles. The molecule has 7 nitrogen and oxygen atoms in total. The second kappa shape index (κ2) is 7.24. The molecule has 1 aliphatic heterocycles. The molecule has 0 aliphatic carbocycles. The van der Waals surface area contributed by atoms with Crippen LogP contribution < -0.4 is 5.32 Å². The second-order valence-corrected chi connectivity index (χ2v) is 7.70. The average Bonchev–Trinajstić information content (AvgIpc) is 3.08. The number of hydrogen-bond donors (Lipinski definition) is 3. The van der Waals surface area contributed by atoms with Crippen molar-refractivity contribution in [1.82, 2.24) is 25.4 Å². The van der Waals surface area contributed by atoms with Crippen LogP contribution in [0.4, 0.5) is 0 Å². The number of phenolic OH excluding ortho intramolecular Hbond substituents is 1. The van der Waals surface area contributed by atoms with Crippen molar-refractivity contribution in [3.8, 4) is 17.0 Å². The van der Waals surface area contributed by atoms with Gasteiger partial charge in [-0.2, -0.15) is 5.10 Å². The first-order valence-corrected chi connectivity index (χ1v) is 9.62. The summed E-state index contributed by atoms with van der Waals surface area (Å²) in [6.45, 7) is 8.39. The van der Waals surface area contributed by atoms with E-state index in [1.54, 1.807) is 24.3 Å². The maximum Gasteiger partial charge on any atom is 0.254 e. The summed E-state index contributed by atoms with van der Waals surface area (Å²) in [5.74, 6) is 0.651. The van der Waals surface area contributed by atoms with Crippen molar-refractivity contribution in [3.63, 3.8) is 0 Å². The third kappa shape index (κ3) is 3.33. The van der Waals surface area contributed by atoms with E-state index in [1.807, 2.05) is 17.9 Å². The van der Waals surface area contributed by atoms with Gasteiger partial charge in [0.1, 0.15) is 5.75 Å². The molecule has 1 saturated heterocycles. The van der Waals surface area contributed by atoms with Crippen molar-refractivity contribution < 1.29 is 9.90 Å². The number of nitrogens with zero attached hydrogens (tertiary/aromatic N) is 3. The predicted octanol–water partition coefficient (Wildman–Crippen LogP) is 2.71. The number of hydrogen-bond acceptors (Lipinski definition) is 5. The topological polar surface area (TPSA) is 94.1 Å². The van der Waals surface area contributed by atoms with E-state index in [2.05, 4.69) is 34.3 Å². The number of fused-ring (bicyclic) bond motifs is 1. The standard InChI is InChI=1S/C21H25N5O2/c1-12(2)18-11-26(9-8-22-18)21(28)16-10-17(14-4-6-15(27)7-5-14)23-20-19(16)13(3)24-25-20/h4-7,10,12,18,22,27H,8-9,11H2,1-3H3,(H,23,24,25)/t18-/m1/s1. The Bertz CT molecular complexity index is 1010. The monoisotopic (exact) mass is 379 g/mol. The highest BCUT2D eigenvalue weighted by Gasteiger charge is 2.28. The molecule has 2 aromatic heterocycles. The summed E-state index contributed by atoms with van der Waals surface area (Å²) in [7, 11) is 0. The smallest absolute Gasteiger partial charge is 0.254 e. The molecule has 7 heteroatoms. The molecule has 3 aromatic rings. The molecular formula is C21H25N5O2. The van der Waals surface area contributed by atoms with Gasteiger partial charge in [0.05, 0.1) is 16.6 Å². The van der Waals surface area contributed by atoms with Crippen molar-refractivity contribution in [1.29, 1.82) is 0 Å². The van der Waals surface area contributed by atoms with Crippen LogP contribution in [0, 0.1) is 12.8 Å². The molecule has 0 unspecified atom stereocenters. The Labute approximate surface area is 163 Å². The first-order valence-electron chi connectivity index (χ1n) is 9.62. The SMILES string of the molecule is Cc1[nH]nc2nc(-c3ccc(O)cc3)cc(C(=O)N3CCN[C@@H](C(C)C)C3)c12. The van der Waals surface area contributed by atoms with Gasteiger partial charge in [0.25, 0.3) is 5.91 Å². The quantitative estimate of drug-likeness (QED) is 0.650. The zero-order valence-electron chi connectivity index (χ0n) is 16.4. The highest BCUT2D eigenvalue weighted by Crippen LogP contribution is 2.28. The van der Waals surface area contributed by atoms with Gasteiger partial charge in [-0.1, -0.05) is 13.8 Å². The van der Waals surface area contributed by atoms with Crippen molar-refractivity contribution in [3.05, 3.63) is 41.6 Å². The third-order valence-electron chi connectivity index (χ3n) is 5.40. The summed E-state index contributed by atoms with van der Waals surface area (Å²) in [6.07, 6.45) is 0. The zero-order chi connectivity index (χ0) is 19.8. The third-order valence-corrected chi connectivity index (χ3v) is 5.40. The van der Waals surface area contributed by atoms with E-state index in [4.69, 9.17) is 0 Å². The lowest BCUT2D eigenvalue weighted by atomic mass is 10.00. The van der Waals surface area contributed by atoms with Gasteiger partial charge in [0.2, 0.25) is 0 Å². The Hall–Kier alpha value is -2.93. The molecule has 0 saturated carbocycles. The highest BCUT2D eigenvalue weighted by molar-refractivity contribution is 6.07. The molecule has 1 aliphatic rings. The van der Waals surface area contributed by atoms with E-state index in [-0.39, 0.29) is 17.7 Å². The molecule has 0 bridgehead atoms. The van der Waals surface area contributed by atoms with Crippen molar-refractivity contribution in [2.24, 2.45) is 5.92 Å². The van der Waals surface area contributed by atoms with Crippen LogP contribution in [-0.4, -0.2) is 56.8 Å². The molecule has 28 heavy (non-hydrogen) atoms. The van der Waals surface area contributed by atoms with Gasteiger partial charge in [-0.3, -0.25) is 9.89 Å². The van der Waals surface area contributed by atoms with E-state index in [0.717, 1.165) is 23.2 Å². The fourth-order valence-electron chi connectivity index (χ4n) is 3.70. The number of phenols is 1. The number of rotatable bonds is 3. The highest BCUT2D eigenvalue weighted by atomic mass is 16.3. The van der Waals surface area contributed by atoms with Crippen LogP contribution in [0.25, 0.3) is 22.3 Å². The maximum absolute atomic E-state index is 13.5. The van der Waals surface area contributed by atoms with Gasteiger partial charge in [0, 0.05) is 36.9 Å². The largest absolute Gasteiger partial charge is 0.508 e. The number of aryl methyl sites for hydroxylation is 1. The van der Waals surface area contributed by atoms with E-state index in [1.165, 1.54) is 0 Å². The Morgan fingerprint density at radius 2 is 2.04 bits per heavy atom. The van der Waals surface area contributed by atoms with Gasteiger partial charge in [-0.25, -0.2) is 4.98 Å². The molecule has 4 rings (SSSR count). The molecule has 1 amide bonds. The van der Waals surface area contributed by atoms with Crippen LogP contribution >= 0.6 is 0 Å². The number of pyridine rings is 1. The normalized spacial score (nSPS) is 17.4. The lowest BCUT2D eigenvalue weighted by Gasteiger charge is -2.36. The Balaban J connectivity index is 1.77. The fraction of sp³-hybridized carbons (Fsp3) is 0.381. The number of carbonyl (C=O) groups is 1. The van der Waals surface area contributed by atoms with E-state index in [9.17, 15) is 9.90 Å². The molecule has 146 valence electrons. The molecule has 1 atom stereocenters. The predicted molar refractivity (Wildman–Crippen MR) is 108 cm³/mol. The van der Waals surface area contributed by atoms with Gasteiger partial charge in [-0.15, -0.1) is 0 Å². The molecule has 0 radical (unpaired) electrons. The fourth-order valence-corrected chi connectivity index (χ4v) is 3.70. The zero-order valence-corrected chi connectivity index (χ0v) is 16.4. The van der Waals surface area contributed by atoms with Crippen LogP contribution in [0.1, 0.15) is 29.9 Å². The van der Waals surface area contributed by atoms with Gasteiger partial charge in [0.15, 0.2) is 5.65 Å². The first-order chi connectivity index (χ1) is 13.4. The number of aromatic amines is 1. The van der Waals surface area contributed by atoms with Crippen LogP contribution in [-0.2, 0) is 0 Å². The maximum atomic E-state index is 13.5. The minimum atomic E-state index is 0.00378. The summed E-state index contributed by atoms with van der Waals surface area (Å²) in [5.41, 5.74) is 3.47. The molecule has 3 N–H and O–H groups in total. The van der Waals surface area contributed by atoms with E-state index >= 15 is 0 Å². The Morgan fingerprint density at radius 1 is 1.29 bits per heavy atom. The minimum absolute atomic E-state index is 0.00378. The lowest BCUT2D eigenvalue weighted by Crippen LogP contribution is -2.54. The lowest BCUT2D eigenvalue weighted by molar-refractivity contribution is 0.0685. The second-order valence-electron chi connectivity index (χ2n) is 7.70. The summed E-state index contributed by atoms with van der Waals surface area (Å²) < 4.78 is 0. The van der Waals surface area contributed by atoms with Crippen molar-refractivity contribution >= 4 is 16.9 Å². The van der Waals surface area contributed by atoms with Gasteiger partial charge < -0.3 is 15.3 Å². The Kier molecular flexibility index (Phi) is 4.77. The minimum Gasteiger partial charge on any atom is -0.508 e. The summed E-state index contributed by atoms with van der Waals surface area (Å²) in [5, 5.41) is 21.1. The number of amides is 1. The van der Waals surface area contributed by atoms with Crippen LogP contribution in [0.2, 0.25) is 0 Å². The van der Waals surface area contributed by atoms with Crippen LogP contribution in [0.5, 0.6) is 5.75 Å². The molecule has 1 fully saturated rings. The molecule has 0 spiro atoms. The number of piperazine rings is 1. The number of aromatic nitrogens is 3. The van der Waals surface area contributed by atoms with Gasteiger partial charge >= 0.3 is 0 Å². The van der Waals surface area contributed by atoms with E-state index < -0.39 is 0 Å². The van der Waals surface area contributed by atoms with Gasteiger partial charge in [-0.05, 0) is 43.2 Å². The van der Waals surface area contributed by atoms with Crippen molar-refractivity contribution in [2.75, 3.05) is 19.6 Å². The number of H-pyrrole nitrogens is 1. The van der Waals surface area contributed by atoms with E-state index in [0.29, 0.717) is 35.9 Å². The molecular weight excluding hydrogens is 354 g/mol. The summed E-state index contributed by atoms with van der Waals surface area (Å²) in [6, 6.07) is 8.93.